The Bertz CT molecular complexity index is 1480. The van der Waals surface area contributed by atoms with Crippen LogP contribution in [0.15, 0.2) is 41.3 Å². The van der Waals surface area contributed by atoms with Crippen LogP contribution in [0.25, 0.3) is 0 Å². The lowest BCUT2D eigenvalue weighted by Gasteiger charge is -2.20. The van der Waals surface area contributed by atoms with Gasteiger partial charge in [-0.15, -0.1) is 0 Å². The minimum absolute atomic E-state index is 0.0317. The van der Waals surface area contributed by atoms with Gasteiger partial charge in [-0.3, -0.25) is 9.59 Å². The number of hydrogen-bond acceptors (Lipinski definition) is 10. The smallest absolute Gasteiger partial charge is 0.343 e. The third-order valence-corrected chi connectivity index (χ3v) is 6.44. The molecule has 0 bridgehead atoms. The van der Waals surface area contributed by atoms with E-state index in [1.165, 1.54) is 7.11 Å². The van der Waals surface area contributed by atoms with E-state index in [-0.39, 0.29) is 37.5 Å². The van der Waals surface area contributed by atoms with E-state index in [0.717, 1.165) is 11.8 Å². The largest absolute Gasteiger partial charge is 0.506 e. The van der Waals surface area contributed by atoms with Crippen LogP contribution in [0.4, 0.5) is 0 Å². The first kappa shape index (κ1) is 29.1. The number of carbonyl (C=O) groups is 2. The number of aromatic nitrogens is 1. The van der Waals surface area contributed by atoms with Crippen molar-refractivity contribution in [3.8, 4) is 34.5 Å². The van der Waals surface area contributed by atoms with Crippen LogP contribution in [0.1, 0.15) is 53.2 Å². The van der Waals surface area contributed by atoms with Crippen LogP contribution in [-0.2, 0) is 16.1 Å². The van der Waals surface area contributed by atoms with Crippen LogP contribution >= 0.6 is 0 Å². The standard InChI is InChI=1S/C29H32N2O10/c1-5-38-21-9-16(7-8-20(21)36-3)13-30-24(32)12-18(17-10-22(37-4)27-23(11-17)40-15-41-27)25-26(33)19(14-31-28(25)34)29(35)39-6-2/h7-11,14,18H,5-6,12-13,15H2,1-4H3,(H,30,32)(H2,31,33,34)/t18-/m1/s1. The molecule has 1 aliphatic rings. The molecule has 0 radical (unpaired) electrons. The van der Waals surface area contributed by atoms with Crippen molar-refractivity contribution in [2.75, 3.05) is 34.2 Å². The van der Waals surface area contributed by atoms with Crippen LogP contribution in [-0.4, -0.2) is 56.2 Å². The molecule has 2 heterocycles. The highest BCUT2D eigenvalue weighted by Gasteiger charge is 2.31. The van der Waals surface area contributed by atoms with Crippen molar-refractivity contribution in [2.24, 2.45) is 0 Å². The van der Waals surface area contributed by atoms with E-state index in [0.29, 0.717) is 40.9 Å². The van der Waals surface area contributed by atoms with Gasteiger partial charge in [0.15, 0.2) is 23.0 Å². The number of ether oxygens (including phenoxy) is 6. The highest BCUT2D eigenvalue weighted by atomic mass is 16.7. The number of pyridine rings is 1. The number of H-pyrrole nitrogens is 1. The first-order chi connectivity index (χ1) is 19.8. The summed E-state index contributed by atoms with van der Waals surface area (Å²) in [6, 6.07) is 8.51. The molecule has 4 rings (SSSR count). The number of aromatic amines is 1. The van der Waals surface area contributed by atoms with E-state index in [9.17, 15) is 19.5 Å². The molecular formula is C29H32N2O10. The number of nitrogens with one attached hydrogen (secondary N) is 2. The molecule has 41 heavy (non-hydrogen) atoms. The lowest BCUT2D eigenvalue weighted by Crippen LogP contribution is -2.28. The molecule has 0 saturated heterocycles. The van der Waals surface area contributed by atoms with Crippen LogP contribution in [0.3, 0.4) is 0 Å². The fraction of sp³-hybridized carbons (Fsp3) is 0.345. The Balaban J connectivity index is 1.69. The Morgan fingerprint density at radius 2 is 1.83 bits per heavy atom. The average molecular weight is 569 g/mol. The number of carbonyl (C=O) groups excluding carboxylic acids is 2. The first-order valence-corrected chi connectivity index (χ1v) is 13.0. The lowest BCUT2D eigenvalue weighted by atomic mass is 9.87. The normalized spacial score (nSPS) is 12.4. The molecule has 1 amide bonds. The topological polar surface area (TPSA) is 155 Å². The summed E-state index contributed by atoms with van der Waals surface area (Å²) in [7, 11) is 2.98. The van der Waals surface area contributed by atoms with Crippen LogP contribution in [0, 0.1) is 0 Å². The van der Waals surface area contributed by atoms with Gasteiger partial charge >= 0.3 is 5.97 Å². The Labute approximate surface area is 236 Å². The number of amides is 1. The highest BCUT2D eigenvalue weighted by molar-refractivity contribution is 5.92. The quantitative estimate of drug-likeness (QED) is 0.277. The van der Waals surface area contributed by atoms with Gasteiger partial charge in [0.2, 0.25) is 18.4 Å². The van der Waals surface area contributed by atoms with Gasteiger partial charge in [-0.25, -0.2) is 4.79 Å². The van der Waals surface area contributed by atoms with Crippen molar-refractivity contribution in [3.63, 3.8) is 0 Å². The van der Waals surface area contributed by atoms with Crippen LogP contribution in [0.2, 0.25) is 0 Å². The zero-order valence-electron chi connectivity index (χ0n) is 23.2. The van der Waals surface area contributed by atoms with E-state index in [2.05, 4.69) is 10.3 Å². The maximum Gasteiger partial charge on any atom is 0.343 e. The molecule has 2 aromatic carbocycles. The van der Waals surface area contributed by atoms with Crippen LogP contribution in [0.5, 0.6) is 34.5 Å². The van der Waals surface area contributed by atoms with Crippen molar-refractivity contribution in [2.45, 2.75) is 32.7 Å². The summed E-state index contributed by atoms with van der Waals surface area (Å²) in [6.45, 7) is 4.10. The van der Waals surface area contributed by atoms with E-state index < -0.39 is 29.1 Å². The minimum atomic E-state index is -1.01. The third-order valence-electron chi connectivity index (χ3n) is 6.44. The molecule has 0 aliphatic carbocycles. The zero-order valence-corrected chi connectivity index (χ0v) is 23.2. The predicted molar refractivity (Wildman–Crippen MR) is 146 cm³/mol. The van der Waals surface area contributed by atoms with Gasteiger partial charge in [-0.1, -0.05) is 6.07 Å². The fourth-order valence-electron chi connectivity index (χ4n) is 4.52. The second-order valence-corrected chi connectivity index (χ2v) is 8.92. The maximum absolute atomic E-state index is 13.3. The summed E-state index contributed by atoms with van der Waals surface area (Å²) in [5, 5.41) is 13.9. The molecule has 0 fully saturated rings. The summed E-state index contributed by atoms with van der Waals surface area (Å²) >= 11 is 0. The number of hydrogen-bond donors (Lipinski definition) is 3. The van der Waals surface area contributed by atoms with Gasteiger partial charge in [0.1, 0.15) is 11.3 Å². The summed E-state index contributed by atoms with van der Waals surface area (Å²) in [5.74, 6) is -0.691. The van der Waals surface area contributed by atoms with Gasteiger partial charge in [0.05, 0.1) is 33.0 Å². The SMILES string of the molecule is CCOC(=O)c1c[nH]c(=O)c([C@H](CC(=O)NCc2ccc(OC)c(OCC)c2)c2cc(OC)c3c(c2)OCO3)c1O. The summed E-state index contributed by atoms with van der Waals surface area (Å²) in [4.78, 5) is 41.3. The van der Waals surface area contributed by atoms with Crippen molar-refractivity contribution in [1.82, 2.24) is 10.3 Å². The molecule has 3 N–H and O–H groups in total. The van der Waals surface area contributed by atoms with E-state index >= 15 is 0 Å². The molecule has 0 unspecified atom stereocenters. The monoisotopic (exact) mass is 568 g/mol. The molecule has 0 spiro atoms. The van der Waals surface area contributed by atoms with Gasteiger partial charge in [0.25, 0.3) is 5.56 Å². The summed E-state index contributed by atoms with van der Waals surface area (Å²) in [6.07, 6.45) is 0.816. The lowest BCUT2D eigenvalue weighted by molar-refractivity contribution is -0.121. The minimum Gasteiger partial charge on any atom is -0.506 e. The van der Waals surface area contributed by atoms with E-state index in [4.69, 9.17) is 28.4 Å². The fourth-order valence-corrected chi connectivity index (χ4v) is 4.52. The Morgan fingerprint density at radius 1 is 1.05 bits per heavy atom. The number of aromatic hydroxyl groups is 1. The third kappa shape index (κ3) is 6.32. The van der Waals surface area contributed by atoms with Crippen molar-refractivity contribution in [3.05, 3.63) is 69.1 Å². The molecule has 1 atom stereocenters. The van der Waals surface area contributed by atoms with E-state index in [1.807, 2.05) is 6.92 Å². The number of esters is 1. The Morgan fingerprint density at radius 3 is 2.54 bits per heavy atom. The van der Waals surface area contributed by atoms with Crippen LogP contribution < -0.4 is 34.6 Å². The number of fused-ring (bicyclic) bond motifs is 1. The second kappa shape index (κ2) is 13.0. The number of methoxy groups -OCH3 is 2. The van der Waals surface area contributed by atoms with Crippen molar-refractivity contribution < 1.29 is 43.1 Å². The Hall–Kier alpha value is -4.87. The molecule has 12 heteroatoms. The molecule has 12 nitrogen and oxygen atoms in total. The molecule has 1 aromatic heterocycles. The molecular weight excluding hydrogens is 536 g/mol. The predicted octanol–water partition coefficient (Wildman–Crippen LogP) is 3.24. The van der Waals surface area contributed by atoms with E-state index in [1.54, 1.807) is 44.4 Å². The average Bonchev–Trinajstić information content (AvgIpc) is 3.44. The van der Waals surface area contributed by atoms with Gasteiger partial charge in [-0.05, 0) is 49.2 Å². The molecule has 0 saturated carbocycles. The first-order valence-electron chi connectivity index (χ1n) is 13.0. The summed E-state index contributed by atoms with van der Waals surface area (Å²) < 4.78 is 32.4. The molecule has 3 aromatic rings. The number of rotatable bonds is 12. The van der Waals surface area contributed by atoms with Crippen molar-refractivity contribution in [1.29, 1.82) is 0 Å². The Kier molecular flexibility index (Phi) is 9.23. The number of benzene rings is 2. The van der Waals surface area contributed by atoms with Gasteiger partial charge in [-0.2, -0.15) is 0 Å². The summed E-state index contributed by atoms with van der Waals surface area (Å²) in [5.41, 5.74) is 0.0810. The van der Waals surface area contributed by atoms with Crippen molar-refractivity contribution >= 4 is 11.9 Å². The zero-order chi connectivity index (χ0) is 29.5. The maximum atomic E-state index is 13.3. The second-order valence-electron chi connectivity index (χ2n) is 8.92. The molecule has 218 valence electrons. The van der Waals surface area contributed by atoms with Gasteiger partial charge < -0.3 is 43.8 Å². The highest BCUT2D eigenvalue weighted by Crippen LogP contribution is 2.45. The van der Waals surface area contributed by atoms with Gasteiger partial charge in [0, 0.05) is 25.1 Å². The molecule has 1 aliphatic heterocycles.